The molecule has 1 aromatic heterocycles. The van der Waals surface area contributed by atoms with Crippen LogP contribution in [0.3, 0.4) is 0 Å². The van der Waals surface area contributed by atoms with E-state index in [0.717, 1.165) is 38.4 Å². The topological polar surface area (TPSA) is 86.9 Å². The second kappa shape index (κ2) is 10.7. The maximum Gasteiger partial charge on any atom is 0.191 e. The third-order valence-electron chi connectivity index (χ3n) is 5.63. The Balaban J connectivity index is 1.71. The van der Waals surface area contributed by atoms with Crippen molar-refractivity contribution in [1.82, 2.24) is 25.3 Å². The predicted molar refractivity (Wildman–Crippen MR) is 123 cm³/mol. The number of aromatic nitrogens is 2. The van der Waals surface area contributed by atoms with Crippen LogP contribution < -0.4 is 10.6 Å². The molecule has 31 heavy (non-hydrogen) atoms. The Bertz CT molecular complexity index is 840. The van der Waals surface area contributed by atoms with Crippen LogP contribution in [0.25, 0.3) is 0 Å². The number of aliphatic imine (C=N–C) groups is 1. The molecule has 3 N–H and O–H groups in total. The van der Waals surface area contributed by atoms with Crippen LogP contribution in [0.15, 0.2) is 41.7 Å². The van der Waals surface area contributed by atoms with Crippen molar-refractivity contribution >= 4 is 5.96 Å². The highest BCUT2D eigenvalue weighted by molar-refractivity contribution is 5.79. The molecule has 0 saturated carbocycles. The molecule has 1 aromatic carbocycles. The summed E-state index contributed by atoms with van der Waals surface area (Å²) in [6, 6.07) is 8.94. The summed E-state index contributed by atoms with van der Waals surface area (Å²) in [4.78, 5) is 7.11. The molecular weight excluding hydrogens is 392 g/mol. The first-order chi connectivity index (χ1) is 14.9. The lowest BCUT2D eigenvalue weighted by Gasteiger charge is -2.35. The fourth-order valence-electron chi connectivity index (χ4n) is 3.69. The van der Waals surface area contributed by atoms with Crippen LogP contribution in [0.5, 0.6) is 0 Å². The molecule has 170 valence electrons. The Morgan fingerprint density at radius 2 is 1.97 bits per heavy atom. The van der Waals surface area contributed by atoms with Gasteiger partial charge in [0.1, 0.15) is 5.60 Å². The molecule has 0 bridgehead atoms. The summed E-state index contributed by atoms with van der Waals surface area (Å²) in [7, 11) is 1.84. The van der Waals surface area contributed by atoms with E-state index in [9.17, 15) is 5.11 Å². The maximum atomic E-state index is 10.9. The first-order valence-corrected chi connectivity index (χ1v) is 11.0. The number of aryl methyl sites for hydroxylation is 2. The van der Waals surface area contributed by atoms with Gasteiger partial charge in [0.15, 0.2) is 5.96 Å². The number of benzene rings is 1. The Labute approximate surface area is 185 Å². The van der Waals surface area contributed by atoms with E-state index in [4.69, 9.17) is 4.74 Å². The smallest absolute Gasteiger partial charge is 0.191 e. The van der Waals surface area contributed by atoms with E-state index >= 15 is 0 Å². The van der Waals surface area contributed by atoms with Crippen molar-refractivity contribution in [3.63, 3.8) is 0 Å². The molecule has 2 atom stereocenters. The van der Waals surface area contributed by atoms with Crippen molar-refractivity contribution in [3.05, 3.63) is 53.3 Å². The molecule has 1 fully saturated rings. The summed E-state index contributed by atoms with van der Waals surface area (Å²) < 4.78 is 7.24. The van der Waals surface area contributed by atoms with Crippen LogP contribution in [0.2, 0.25) is 0 Å². The zero-order valence-electron chi connectivity index (χ0n) is 19.1. The first kappa shape index (κ1) is 23.2. The molecule has 8 heteroatoms. The van der Waals surface area contributed by atoms with Gasteiger partial charge in [-0.15, -0.1) is 0 Å². The fourth-order valence-corrected chi connectivity index (χ4v) is 3.69. The van der Waals surface area contributed by atoms with Gasteiger partial charge in [0.2, 0.25) is 0 Å². The number of rotatable bonds is 8. The molecule has 2 unspecified atom stereocenters. The van der Waals surface area contributed by atoms with Gasteiger partial charge in [0.05, 0.1) is 32.0 Å². The van der Waals surface area contributed by atoms with E-state index in [2.05, 4.69) is 56.8 Å². The van der Waals surface area contributed by atoms with Crippen LogP contribution in [0, 0.1) is 6.92 Å². The van der Waals surface area contributed by atoms with Crippen LogP contribution in [-0.2, 0) is 17.4 Å². The molecule has 0 aliphatic carbocycles. The summed E-state index contributed by atoms with van der Waals surface area (Å²) in [6.45, 7) is 10.9. The van der Waals surface area contributed by atoms with Crippen LogP contribution >= 0.6 is 0 Å². The van der Waals surface area contributed by atoms with Gasteiger partial charge < -0.3 is 20.5 Å². The van der Waals surface area contributed by atoms with Crippen LogP contribution in [0.1, 0.15) is 36.6 Å². The number of ether oxygens (including phenoxy) is 1. The second-order valence-electron chi connectivity index (χ2n) is 8.33. The minimum Gasteiger partial charge on any atom is -0.383 e. The highest BCUT2D eigenvalue weighted by atomic mass is 16.5. The monoisotopic (exact) mass is 428 g/mol. The van der Waals surface area contributed by atoms with Gasteiger partial charge in [-0.05, 0) is 26.3 Å². The average Bonchev–Trinajstić information content (AvgIpc) is 3.21. The fraction of sp³-hybridized carbons (Fsp3) is 0.565. The molecular formula is C23H36N6O2. The van der Waals surface area contributed by atoms with E-state index in [1.807, 2.05) is 20.2 Å². The van der Waals surface area contributed by atoms with Gasteiger partial charge in [-0.1, -0.05) is 29.8 Å². The van der Waals surface area contributed by atoms with Gasteiger partial charge in [-0.2, -0.15) is 5.10 Å². The molecule has 0 radical (unpaired) electrons. The zero-order chi connectivity index (χ0) is 22.3. The molecule has 0 amide bonds. The Hall–Kier alpha value is -2.42. The molecule has 1 aliphatic heterocycles. The zero-order valence-corrected chi connectivity index (χ0v) is 19.1. The van der Waals surface area contributed by atoms with Crippen LogP contribution in [0.4, 0.5) is 0 Å². The number of hydrogen-bond acceptors (Lipinski definition) is 5. The Kier molecular flexibility index (Phi) is 8.06. The largest absolute Gasteiger partial charge is 0.383 e. The standard InChI is InChI=1S/C23H36N6O2/c1-5-24-22(26-17-23(3,30)20-14-27-28(4)16-20)25-15-21(29-10-12-31-13-11-29)19-8-6-18(2)7-9-19/h6-9,14,16,21,30H,5,10-13,15,17H2,1-4H3,(H2,24,25,26). The molecule has 2 heterocycles. The quantitative estimate of drug-likeness (QED) is 0.437. The number of nitrogens with zero attached hydrogens (tertiary/aromatic N) is 4. The molecule has 0 spiro atoms. The summed E-state index contributed by atoms with van der Waals surface area (Å²) in [5, 5.41) is 21.8. The molecule has 1 aliphatic rings. The van der Waals surface area contributed by atoms with E-state index in [1.165, 1.54) is 11.1 Å². The number of nitrogens with one attached hydrogen (secondary N) is 2. The third kappa shape index (κ3) is 6.53. The summed E-state index contributed by atoms with van der Waals surface area (Å²) >= 11 is 0. The highest BCUT2D eigenvalue weighted by Crippen LogP contribution is 2.22. The molecule has 3 rings (SSSR count). The maximum absolute atomic E-state index is 10.9. The molecule has 8 nitrogen and oxygen atoms in total. The molecule has 2 aromatic rings. The summed E-state index contributed by atoms with van der Waals surface area (Å²) in [5.41, 5.74) is 2.19. The SMILES string of the molecule is CCNC(=NCC(C)(O)c1cnn(C)c1)NCC(c1ccc(C)cc1)N1CCOCC1. The van der Waals surface area contributed by atoms with Gasteiger partial charge in [0.25, 0.3) is 0 Å². The lowest BCUT2D eigenvalue weighted by Crippen LogP contribution is -2.46. The van der Waals surface area contributed by atoms with E-state index in [-0.39, 0.29) is 12.6 Å². The van der Waals surface area contributed by atoms with E-state index in [1.54, 1.807) is 17.8 Å². The highest BCUT2D eigenvalue weighted by Gasteiger charge is 2.26. The number of morpholine rings is 1. The van der Waals surface area contributed by atoms with E-state index in [0.29, 0.717) is 12.5 Å². The minimum absolute atomic E-state index is 0.215. The van der Waals surface area contributed by atoms with Crippen molar-refractivity contribution in [2.45, 2.75) is 32.4 Å². The van der Waals surface area contributed by atoms with Crippen molar-refractivity contribution in [3.8, 4) is 0 Å². The normalized spacial score (nSPS) is 18.4. The number of guanidine groups is 1. The first-order valence-electron chi connectivity index (χ1n) is 11.0. The lowest BCUT2D eigenvalue weighted by atomic mass is 10.0. The molecule has 1 saturated heterocycles. The van der Waals surface area contributed by atoms with Crippen LogP contribution in [-0.4, -0.2) is 71.7 Å². The third-order valence-corrected chi connectivity index (χ3v) is 5.63. The summed E-state index contributed by atoms with van der Waals surface area (Å²) in [5.74, 6) is 0.692. The Morgan fingerprint density at radius 1 is 1.26 bits per heavy atom. The van der Waals surface area contributed by atoms with Crippen molar-refractivity contribution in [2.24, 2.45) is 12.0 Å². The number of hydrogen-bond donors (Lipinski definition) is 3. The van der Waals surface area contributed by atoms with Gasteiger partial charge in [-0.25, -0.2) is 4.99 Å². The van der Waals surface area contributed by atoms with Crippen molar-refractivity contribution in [2.75, 3.05) is 45.9 Å². The van der Waals surface area contributed by atoms with Gasteiger partial charge in [0, 0.05) is 45.0 Å². The average molecular weight is 429 g/mol. The van der Waals surface area contributed by atoms with E-state index < -0.39 is 5.60 Å². The van der Waals surface area contributed by atoms with Crippen molar-refractivity contribution < 1.29 is 9.84 Å². The summed E-state index contributed by atoms with van der Waals surface area (Å²) in [6.07, 6.45) is 3.50. The number of aliphatic hydroxyl groups is 1. The second-order valence-corrected chi connectivity index (χ2v) is 8.33. The lowest BCUT2D eigenvalue weighted by molar-refractivity contribution is 0.0169. The Morgan fingerprint density at radius 3 is 2.58 bits per heavy atom. The minimum atomic E-state index is -1.09. The predicted octanol–water partition coefficient (Wildman–Crippen LogP) is 1.56. The van der Waals surface area contributed by atoms with Gasteiger partial charge in [-0.3, -0.25) is 9.58 Å². The van der Waals surface area contributed by atoms with Crippen molar-refractivity contribution in [1.29, 1.82) is 0 Å². The van der Waals surface area contributed by atoms with Gasteiger partial charge >= 0.3 is 0 Å².